The molecule has 0 fully saturated rings. The van der Waals surface area contributed by atoms with E-state index in [0.29, 0.717) is 0 Å². The van der Waals surface area contributed by atoms with Crippen molar-refractivity contribution in [2.45, 2.75) is 0 Å². The number of para-hydroxylation sites is 2. The van der Waals surface area contributed by atoms with Gasteiger partial charge in [-0.15, -0.1) is 0 Å². The SMILES string of the molecule is Nc1c(Br)ccc2c3ccccc3n(-c3ccccc3)c12. The molecule has 1 aromatic heterocycles. The predicted molar refractivity (Wildman–Crippen MR) is 92.9 cm³/mol. The molecule has 4 rings (SSSR count). The smallest absolute Gasteiger partial charge is 0.0782 e. The second kappa shape index (κ2) is 4.64. The molecule has 0 saturated carbocycles. The number of nitrogens with zero attached hydrogens (tertiary/aromatic N) is 1. The van der Waals surface area contributed by atoms with Gasteiger partial charge in [-0.05, 0) is 40.2 Å². The van der Waals surface area contributed by atoms with Crippen molar-refractivity contribution in [3.63, 3.8) is 0 Å². The Labute approximate surface area is 130 Å². The minimum Gasteiger partial charge on any atom is -0.396 e. The lowest BCUT2D eigenvalue weighted by atomic mass is 10.1. The number of nitrogen functional groups attached to an aromatic ring is 1. The zero-order valence-electron chi connectivity index (χ0n) is 11.3. The van der Waals surface area contributed by atoms with Crippen LogP contribution >= 0.6 is 15.9 Å². The van der Waals surface area contributed by atoms with Crippen molar-refractivity contribution in [1.82, 2.24) is 4.57 Å². The maximum absolute atomic E-state index is 6.35. The highest BCUT2D eigenvalue weighted by molar-refractivity contribution is 9.10. The highest BCUT2D eigenvalue weighted by Crippen LogP contribution is 2.37. The Morgan fingerprint density at radius 3 is 2.29 bits per heavy atom. The Hall–Kier alpha value is -2.26. The summed E-state index contributed by atoms with van der Waals surface area (Å²) in [6.07, 6.45) is 0. The fourth-order valence-corrected chi connectivity index (χ4v) is 3.22. The van der Waals surface area contributed by atoms with Crippen molar-refractivity contribution < 1.29 is 0 Å². The van der Waals surface area contributed by atoms with Crippen molar-refractivity contribution in [2.24, 2.45) is 0 Å². The van der Waals surface area contributed by atoms with E-state index < -0.39 is 0 Å². The molecule has 0 bridgehead atoms. The lowest BCUT2D eigenvalue weighted by molar-refractivity contribution is 1.18. The van der Waals surface area contributed by atoms with Crippen LogP contribution in [-0.2, 0) is 0 Å². The van der Waals surface area contributed by atoms with Gasteiger partial charge in [-0.25, -0.2) is 0 Å². The molecule has 21 heavy (non-hydrogen) atoms. The fourth-order valence-electron chi connectivity index (χ4n) is 2.90. The molecule has 0 saturated heterocycles. The van der Waals surface area contributed by atoms with Crippen LogP contribution in [0.4, 0.5) is 5.69 Å². The summed E-state index contributed by atoms with van der Waals surface area (Å²) in [4.78, 5) is 0. The summed E-state index contributed by atoms with van der Waals surface area (Å²) in [6, 6.07) is 22.9. The van der Waals surface area contributed by atoms with Gasteiger partial charge in [-0.2, -0.15) is 0 Å². The van der Waals surface area contributed by atoms with Gasteiger partial charge in [-0.3, -0.25) is 0 Å². The first-order chi connectivity index (χ1) is 10.3. The van der Waals surface area contributed by atoms with Crippen molar-refractivity contribution in [3.8, 4) is 5.69 Å². The Kier molecular flexibility index (Phi) is 2.76. The average Bonchev–Trinajstić information content (AvgIpc) is 2.87. The molecule has 0 spiro atoms. The molecule has 0 aliphatic rings. The first kappa shape index (κ1) is 12.5. The number of aromatic nitrogens is 1. The average molecular weight is 337 g/mol. The van der Waals surface area contributed by atoms with Crippen LogP contribution < -0.4 is 5.73 Å². The highest BCUT2D eigenvalue weighted by Gasteiger charge is 2.15. The summed E-state index contributed by atoms with van der Waals surface area (Å²) < 4.78 is 3.15. The first-order valence-electron chi connectivity index (χ1n) is 6.80. The topological polar surface area (TPSA) is 30.9 Å². The predicted octanol–water partition coefficient (Wildman–Crippen LogP) is 5.13. The van der Waals surface area contributed by atoms with E-state index >= 15 is 0 Å². The lowest BCUT2D eigenvalue weighted by Gasteiger charge is -2.09. The van der Waals surface area contributed by atoms with Crippen molar-refractivity contribution in [1.29, 1.82) is 0 Å². The number of benzene rings is 3. The van der Waals surface area contributed by atoms with Crippen molar-refractivity contribution in [3.05, 3.63) is 71.2 Å². The van der Waals surface area contributed by atoms with Crippen LogP contribution in [0.2, 0.25) is 0 Å². The molecule has 3 heteroatoms. The van der Waals surface area contributed by atoms with E-state index in [1.54, 1.807) is 0 Å². The summed E-state index contributed by atoms with van der Waals surface area (Å²) in [5, 5.41) is 2.39. The van der Waals surface area contributed by atoms with Gasteiger partial charge in [-0.1, -0.05) is 42.5 Å². The molecule has 0 radical (unpaired) electrons. The second-order valence-electron chi connectivity index (χ2n) is 5.05. The Bertz CT molecular complexity index is 955. The van der Waals surface area contributed by atoms with Crippen LogP contribution in [0.5, 0.6) is 0 Å². The van der Waals surface area contributed by atoms with E-state index in [4.69, 9.17) is 5.73 Å². The van der Waals surface area contributed by atoms with Gasteiger partial charge in [0.25, 0.3) is 0 Å². The van der Waals surface area contributed by atoms with Gasteiger partial charge < -0.3 is 10.3 Å². The molecule has 0 unspecified atom stereocenters. The quantitative estimate of drug-likeness (QED) is 0.480. The summed E-state index contributed by atoms with van der Waals surface area (Å²) in [5.74, 6) is 0. The molecule has 1 heterocycles. The van der Waals surface area contributed by atoms with E-state index in [-0.39, 0.29) is 0 Å². The fraction of sp³-hybridized carbons (Fsp3) is 0. The maximum Gasteiger partial charge on any atom is 0.0782 e. The summed E-state index contributed by atoms with van der Waals surface area (Å²) >= 11 is 3.54. The Morgan fingerprint density at radius 1 is 0.762 bits per heavy atom. The zero-order chi connectivity index (χ0) is 14.4. The van der Waals surface area contributed by atoms with E-state index in [0.717, 1.165) is 21.4 Å². The standard InChI is InChI=1S/C18H13BrN2/c19-15-11-10-14-13-8-4-5-9-16(13)21(18(14)17(15)20)12-6-2-1-3-7-12/h1-11H,20H2. The molecule has 0 aliphatic carbocycles. The number of hydrogen-bond acceptors (Lipinski definition) is 1. The number of fused-ring (bicyclic) bond motifs is 3. The summed E-state index contributed by atoms with van der Waals surface area (Å²) in [7, 11) is 0. The minimum absolute atomic E-state index is 0.771. The van der Waals surface area contributed by atoms with Crippen molar-refractivity contribution in [2.75, 3.05) is 5.73 Å². The largest absolute Gasteiger partial charge is 0.396 e. The van der Waals surface area contributed by atoms with Crippen LogP contribution in [0.1, 0.15) is 0 Å². The summed E-state index contributed by atoms with van der Waals surface area (Å²) in [6.45, 7) is 0. The van der Waals surface area contributed by atoms with Crippen LogP contribution in [0, 0.1) is 0 Å². The molecule has 3 aromatic carbocycles. The van der Waals surface area contributed by atoms with Gasteiger partial charge in [0, 0.05) is 20.9 Å². The molecule has 4 aromatic rings. The molecule has 2 N–H and O–H groups in total. The van der Waals surface area contributed by atoms with Gasteiger partial charge in [0.2, 0.25) is 0 Å². The highest BCUT2D eigenvalue weighted by atomic mass is 79.9. The molecule has 0 amide bonds. The Balaban J connectivity index is 2.28. The van der Waals surface area contributed by atoms with Gasteiger partial charge in [0.15, 0.2) is 0 Å². The van der Waals surface area contributed by atoms with E-state index in [2.05, 4.69) is 63.0 Å². The van der Waals surface area contributed by atoms with Crippen molar-refractivity contribution >= 4 is 43.4 Å². The number of hydrogen-bond donors (Lipinski definition) is 1. The van der Waals surface area contributed by atoms with Gasteiger partial charge in [0.05, 0.1) is 16.7 Å². The monoisotopic (exact) mass is 336 g/mol. The number of anilines is 1. The normalized spacial score (nSPS) is 11.3. The van der Waals surface area contributed by atoms with Crippen LogP contribution in [-0.4, -0.2) is 4.57 Å². The molecular formula is C18H13BrN2. The van der Waals surface area contributed by atoms with Gasteiger partial charge in [0.1, 0.15) is 0 Å². The van der Waals surface area contributed by atoms with E-state index in [9.17, 15) is 0 Å². The summed E-state index contributed by atoms with van der Waals surface area (Å²) in [5.41, 5.74) is 10.5. The van der Waals surface area contributed by atoms with E-state index in [1.807, 2.05) is 24.3 Å². The van der Waals surface area contributed by atoms with Crippen LogP contribution in [0.3, 0.4) is 0 Å². The number of halogens is 1. The molecule has 102 valence electrons. The molecule has 0 atom stereocenters. The Morgan fingerprint density at radius 2 is 1.48 bits per heavy atom. The maximum atomic E-state index is 6.35. The molecule has 2 nitrogen and oxygen atoms in total. The minimum atomic E-state index is 0.771. The first-order valence-corrected chi connectivity index (χ1v) is 7.59. The van der Waals surface area contributed by atoms with Crippen LogP contribution in [0.15, 0.2) is 71.2 Å². The van der Waals surface area contributed by atoms with Crippen LogP contribution in [0.25, 0.3) is 27.5 Å². The second-order valence-corrected chi connectivity index (χ2v) is 5.90. The number of rotatable bonds is 1. The lowest BCUT2D eigenvalue weighted by Crippen LogP contribution is -1.97. The van der Waals surface area contributed by atoms with E-state index in [1.165, 1.54) is 16.3 Å². The third-order valence-corrected chi connectivity index (χ3v) is 4.53. The third-order valence-electron chi connectivity index (χ3n) is 3.84. The third kappa shape index (κ3) is 1.78. The number of nitrogens with two attached hydrogens (primary N) is 1. The zero-order valence-corrected chi connectivity index (χ0v) is 12.8. The van der Waals surface area contributed by atoms with Gasteiger partial charge >= 0.3 is 0 Å². The molecule has 0 aliphatic heterocycles. The molecular weight excluding hydrogens is 324 g/mol.